The predicted octanol–water partition coefficient (Wildman–Crippen LogP) is 1.07. The summed E-state index contributed by atoms with van der Waals surface area (Å²) in [7, 11) is -4.64. The topological polar surface area (TPSA) is 150 Å². The molecule has 0 radical (unpaired) electrons. The van der Waals surface area contributed by atoms with Gasteiger partial charge in [-0.05, 0) is 23.3 Å². The normalized spacial score (nSPS) is 9.86. The van der Waals surface area contributed by atoms with Gasteiger partial charge in [-0.2, -0.15) is 0 Å². The Morgan fingerprint density at radius 1 is 0.818 bits per heavy atom. The molecule has 0 aromatic heterocycles. The highest BCUT2D eigenvalue weighted by Crippen LogP contribution is 2.25. The SMILES string of the molecule is NCc1cccc(CN)c1.O=P(O)(O)O.Oc1ccccc1. The van der Waals surface area contributed by atoms with Crippen LogP contribution in [-0.4, -0.2) is 19.8 Å². The van der Waals surface area contributed by atoms with Gasteiger partial charge in [-0.1, -0.05) is 42.5 Å². The zero-order valence-corrected chi connectivity index (χ0v) is 12.8. The number of phenolic OH excluding ortho intramolecular Hbond substituents is 1. The van der Waals surface area contributed by atoms with Gasteiger partial charge < -0.3 is 31.3 Å². The highest BCUT2D eigenvalue weighted by molar-refractivity contribution is 7.45. The maximum atomic E-state index is 8.88. The highest BCUT2D eigenvalue weighted by Gasteiger charge is 2.00. The Hall–Kier alpha value is -1.73. The summed E-state index contributed by atoms with van der Waals surface area (Å²) in [4.78, 5) is 21.6. The molecule has 0 amide bonds. The van der Waals surface area contributed by atoms with Gasteiger partial charge in [0.25, 0.3) is 0 Å². The number of aromatic hydroxyl groups is 1. The fourth-order valence-electron chi connectivity index (χ4n) is 1.31. The Bertz CT molecular complexity index is 547. The van der Waals surface area contributed by atoms with Crippen LogP contribution in [0.15, 0.2) is 54.6 Å². The van der Waals surface area contributed by atoms with Crippen LogP contribution < -0.4 is 11.5 Å². The molecular weight excluding hydrogens is 307 g/mol. The third kappa shape index (κ3) is 13.3. The molecule has 122 valence electrons. The van der Waals surface area contributed by atoms with Crippen molar-refractivity contribution in [1.82, 2.24) is 0 Å². The lowest BCUT2D eigenvalue weighted by Gasteiger charge is -1.98. The second kappa shape index (κ2) is 10.9. The molecule has 2 aromatic rings. The van der Waals surface area contributed by atoms with Gasteiger partial charge in [-0.15, -0.1) is 0 Å². The molecule has 0 heterocycles. The van der Waals surface area contributed by atoms with Crippen LogP contribution in [0.5, 0.6) is 5.75 Å². The van der Waals surface area contributed by atoms with Crippen LogP contribution >= 0.6 is 7.82 Å². The first-order valence-electron chi connectivity index (χ1n) is 6.26. The minimum atomic E-state index is -4.64. The molecule has 0 aliphatic carbocycles. The van der Waals surface area contributed by atoms with Crippen molar-refractivity contribution in [1.29, 1.82) is 0 Å². The van der Waals surface area contributed by atoms with Gasteiger partial charge in [0, 0.05) is 13.1 Å². The third-order valence-corrected chi connectivity index (χ3v) is 2.22. The minimum Gasteiger partial charge on any atom is -0.508 e. The van der Waals surface area contributed by atoms with E-state index in [0.29, 0.717) is 18.8 Å². The maximum Gasteiger partial charge on any atom is 0.466 e. The minimum absolute atomic E-state index is 0.322. The molecule has 0 aliphatic rings. The van der Waals surface area contributed by atoms with Gasteiger partial charge in [0.1, 0.15) is 5.75 Å². The monoisotopic (exact) mass is 328 g/mol. The molecule has 0 spiro atoms. The molecule has 0 atom stereocenters. The number of nitrogens with two attached hydrogens (primary N) is 2. The lowest BCUT2D eigenvalue weighted by atomic mass is 10.1. The molecule has 7 nitrogen and oxygen atoms in total. The first kappa shape index (κ1) is 20.3. The van der Waals surface area contributed by atoms with E-state index in [1.807, 2.05) is 30.3 Å². The largest absolute Gasteiger partial charge is 0.508 e. The molecule has 0 bridgehead atoms. The first-order chi connectivity index (χ1) is 10.3. The van der Waals surface area contributed by atoms with Gasteiger partial charge in [-0.3, -0.25) is 0 Å². The summed E-state index contributed by atoms with van der Waals surface area (Å²) in [6.45, 7) is 1.18. The van der Waals surface area contributed by atoms with Gasteiger partial charge in [0.15, 0.2) is 0 Å². The molecule has 0 saturated heterocycles. The Morgan fingerprint density at radius 2 is 1.23 bits per heavy atom. The molecule has 0 fully saturated rings. The van der Waals surface area contributed by atoms with E-state index in [2.05, 4.69) is 0 Å². The van der Waals surface area contributed by atoms with Crippen LogP contribution in [0.4, 0.5) is 0 Å². The lowest BCUT2D eigenvalue weighted by Crippen LogP contribution is -2.00. The molecule has 8 heteroatoms. The first-order valence-corrected chi connectivity index (χ1v) is 7.83. The number of phenols is 1. The van der Waals surface area contributed by atoms with Crippen LogP contribution in [0.25, 0.3) is 0 Å². The Balaban J connectivity index is 0.000000322. The van der Waals surface area contributed by atoms with Crippen molar-refractivity contribution >= 4 is 7.82 Å². The summed E-state index contributed by atoms with van der Waals surface area (Å²) in [5.41, 5.74) is 13.1. The van der Waals surface area contributed by atoms with Crippen LogP contribution in [0.2, 0.25) is 0 Å². The van der Waals surface area contributed by atoms with Gasteiger partial charge in [0.05, 0.1) is 0 Å². The average Bonchev–Trinajstić information content (AvgIpc) is 2.47. The van der Waals surface area contributed by atoms with Crippen molar-refractivity contribution in [2.75, 3.05) is 0 Å². The number of benzene rings is 2. The average molecular weight is 328 g/mol. The van der Waals surface area contributed by atoms with Crippen LogP contribution in [0.1, 0.15) is 11.1 Å². The molecule has 2 aromatic carbocycles. The van der Waals surface area contributed by atoms with Crippen molar-refractivity contribution in [3.63, 3.8) is 0 Å². The molecule has 0 saturated carbocycles. The fraction of sp³-hybridized carbons (Fsp3) is 0.143. The van der Waals surface area contributed by atoms with E-state index < -0.39 is 7.82 Å². The summed E-state index contributed by atoms with van der Waals surface area (Å²) in [5.74, 6) is 0.322. The van der Waals surface area contributed by atoms with Crippen molar-refractivity contribution in [3.05, 3.63) is 65.7 Å². The summed E-state index contributed by atoms with van der Waals surface area (Å²) in [6, 6.07) is 16.7. The van der Waals surface area contributed by atoms with Crippen molar-refractivity contribution in [2.45, 2.75) is 13.1 Å². The Morgan fingerprint density at radius 3 is 1.50 bits per heavy atom. The number of hydrogen-bond donors (Lipinski definition) is 6. The number of rotatable bonds is 2. The van der Waals surface area contributed by atoms with Gasteiger partial charge in [0.2, 0.25) is 0 Å². The van der Waals surface area contributed by atoms with E-state index in [1.165, 1.54) is 0 Å². The van der Waals surface area contributed by atoms with Gasteiger partial charge >= 0.3 is 7.82 Å². The molecule has 22 heavy (non-hydrogen) atoms. The number of para-hydroxylation sites is 1. The van der Waals surface area contributed by atoms with E-state index in [0.717, 1.165) is 11.1 Å². The number of hydrogen-bond acceptors (Lipinski definition) is 4. The van der Waals surface area contributed by atoms with E-state index in [-0.39, 0.29) is 0 Å². The summed E-state index contributed by atoms with van der Waals surface area (Å²) < 4.78 is 8.88. The van der Waals surface area contributed by atoms with Crippen LogP contribution in [0, 0.1) is 0 Å². The van der Waals surface area contributed by atoms with Crippen molar-refractivity contribution in [2.24, 2.45) is 11.5 Å². The zero-order valence-electron chi connectivity index (χ0n) is 11.9. The Labute approximate surface area is 129 Å². The molecule has 8 N–H and O–H groups in total. The third-order valence-electron chi connectivity index (χ3n) is 2.22. The predicted molar refractivity (Wildman–Crippen MR) is 84.6 cm³/mol. The highest BCUT2D eigenvalue weighted by atomic mass is 31.2. The van der Waals surface area contributed by atoms with E-state index in [9.17, 15) is 0 Å². The van der Waals surface area contributed by atoms with Crippen LogP contribution in [-0.2, 0) is 17.7 Å². The molecule has 0 unspecified atom stereocenters. The number of phosphoric acid groups is 1. The van der Waals surface area contributed by atoms with Crippen LogP contribution in [0.3, 0.4) is 0 Å². The fourth-order valence-corrected chi connectivity index (χ4v) is 1.31. The van der Waals surface area contributed by atoms with E-state index in [1.54, 1.807) is 24.3 Å². The maximum absolute atomic E-state index is 8.88. The second-order valence-corrected chi connectivity index (χ2v) is 5.10. The smallest absolute Gasteiger partial charge is 0.466 e. The molecular formula is C14H21N2O5P. The van der Waals surface area contributed by atoms with Gasteiger partial charge in [-0.25, -0.2) is 4.57 Å². The quantitative estimate of drug-likeness (QED) is 0.451. The molecule has 2 rings (SSSR count). The van der Waals surface area contributed by atoms with E-state index in [4.69, 9.17) is 35.8 Å². The Kier molecular flexibility index (Phi) is 10.1. The van der Waals surface area contributed by atoms with Crippen molar-refractivity contribution < 1.29 is 24.4 Å². The summed E-state index contributed by atoms with van der Waals surface area (Å²) in [5, 5.41) is 8.63. The van der Waals surface area contributed by atoms with Crippen molar-refractivity contribution in [3.8, 4) is 5.75 Å². The van der Waals surface area contributed by atoms with E-state index >= 15 is 0 Å². The lowest BCUT2D eigenvalue weighted by molar-refractivity contribution is 0.275. The zero-order chi connectivity index (χ0) is 17.0. The summed E-state index contributed by atoms with van der Waals surface area (Å²) >= 11 is 0. The second-order valence-electron chi connectivity index (χ2n) is 4.08. The molecule has 0 aliphatic heterocycles. The summed E-state index contributed by atoms with van der Waals surface area (Å²) in [6.07, 6.45) is 0. The standard InChI is InChI=1S/C8H12N2.C6H6O.H3O4P/c9-5-7-2-1-3-8(4-7)6-10;7-6-4-2-1-3-5-6;1-5(2,3)4/h1-4H,5-6,9-10H2;1-5,7H;(H3,1,2,3,4).